The van der Waals surface area contributed by atoms with Crippen molar-refractivity contribution in [1.29, 1.82) is 0 Å². The number of para-hydroxylation sites is 1. The first-order chi connectivity index (χ1) is 10.1. The highest BCUT2D eigenvalue weighted by Gasteiger charge is 2.09. The van der Waals surface area contributed by atoms with Gasteiger partial charge in [0.25, 0.3) is 5.91 Å². The van der Waals surface area contributed by atoms with Crippen LogP contribution < -0.4 is 5.32 Å². The Bertz CT molecular complexity index is 830. The van der Waals surface area contributed by atoms with Crippen molar-refractivity contribution in [1.82, 2.24) is 4.98 Å². The van der Waals surface area contributed by atoms with Crippen molar-refractivity contribution >= 4 is 22.6 Å². The van der Waals surface area contributed by atoms with Crippen molar-refractivity contribution in [2.45, 2.75) is 6.92 Å². The van der Waals surface area contributed by atoms with Gasteiger partial charge in [-0.2, -0.15) is 0 Å². The van der Waals surface area contributed by atoms with E-state index >= 15 is 0 Å². The summed E-state index contributed by atoms with van der Waals surface area (Å²) >= 11 is 0. The number of hydrogen-bond donors (Lipinski definition) is 1. The van der Waals surface area contributed by atoms with Crippen LogP contribution in [0.2, 0.25) is 0 Å². The average molecular weight is 280 g/mol. The van der Waals surface area contributed by atoms with Crippen LogP contribution in [0.15, 0.2) is 54.6 Å². The van der Waals surface area contributed by atoms with Gasteiger partial charge in [0, 0.05) is 10.9 Å². The number of nitrogens with one attached hydrogen (secondary N) is 1. The highest BCUT2D eigenvalue weighted by Crippen LogP contribution is 2.16. The Balaban J connectivity index is 1.87. The standard InChI is InChI=1S/C17H13FN2O/c1-11-6-7-13(10-14(11)18)17(21)20-16-9-8-12-4-2-3-5-15(12)19-16/h2-10H,1H3,(H,19,20,21). The molecule has 0 saturated heterocycles. The zero-order valence-electron chi connectivity index (χ0n) is 11.4. The molecule has 1 aromatic heterocycles. The first-order valence-electron chi connectivity index (χ1n) is 6.57. The van der Waals surface area contributed by atoms with Gasteiger partial charge in [-0.05, 0) is 42.8 Å². The lowest BCUT2D eigenvalue weighted by atomic mass is 10.1. The molecule has 3 rings (SSSR count). The van der Waals surface area contributed by atoms with Gasteiger partial charge in [-0.1, -0.05) is 24.3 Å². The molecule has 3 nitrogen and oxygen atoms in total. The molecule has 0 fully saturated rings. The van der Waals surface area contributed by atoms with Crippen molar-refractivity contribution < 1.29 is 9.18 Å². The number of aryl methyl sites for hydroxylation is 1. The van der Waals surface area contributed by atoms with Crippen LogP contribution in [-0.2, 0) is 0 Å². The maximum absolute atomic E-state index is 13.5. The molecule has 4 heteroatoms. The van der Waals surface area contributed by atoms with E-state index in [1.807, 2.05) is 30.3 Å². The number of aromatic nitrogens is 1. The van der Waals surface area contributed by atoms with E-state index in [1.54, 1.807) is 25.1 Å². The summed E-state index contributed by atoms with van der Waals surface area (Å²) in [6.07, 6.45) is 0. The molecule has 104 valence electrons. The van der Waals surface area contributed by atoms with Gasteiger partial charge in [0.1, 0.15) is 11.6 Å². The average Bonchev–Trinajstić information content (AvgIpc) is 2.50. The molecule has 1 heterocycles. The van der Waals surface area contributed by atoms with E-state index in [2.05, 4.69) is 10.3 Å². The number of carbonyl (C=O) groups is 1. The van der Waals surface area contributed by atoms with Gasteiger partial charge < -0.3 is 5.32 Å². The molecule has 0 aliphatic rings. The van der Waals surface area contributed by atoms with E-state index < -0.39 is 5.82 Å². The fourth-order valence-electron chi connectivity index (χ4n) is 2.06. The highest BCUT2D eigenvalue weighted by atomic mass is 19.1. The van der Waals surface area contributed by atoms with Crippen LogP contribution in [0.5, 0.6) is 0 Å². The third kappa shape index (κ3) is 2.74. The molecule has 1 amide bonds. The summed E-state index contributed by atoms with van der Waals surface area (Å²) in [7, 11) is 0. The topological polar surface area (TPSA) is 42.0 Å². The zero-order chi connectivity index (χ0) is 14.8. The molecule has 2 aromatic carbocycles. The first kappa shape index (κ1) is 13.2. The Morgan fingerprint density at radius 3 is 2.71 bits per heavy atom. The molecule has 0 aliphatic heterocycles. The van der Waals surface area contributed by atoms with Gasteiger partial charge in [0.2, 0.25) is 0 Å². The molecule has 0 saturated carbocycles. The minimum atomic E-state index is -0.394. The van der Waals surface area contributed by atoms with Crippen molar-refractivity contribution in [2.24, 2.45) is 0 Å². The number of pyridine rings is 1. The summed E-state index contributed by atoms with van der Waals surface area (Å²) in [4.78, 5) is 16.5. The van der Waals surface area contributed by atoms with E-state index in [4.69, 9.17) is 0 Å². The normalized spacial score (nSPS) is 10.6. The SMILES string of the molecule is Cc1ccc(C(=O)Nc2ccc3ccccc3n2)cc1F. The van der Waals surface area contributed by atoms with Crippen molar-refractivity contribution in [2.75, 3.05) is 5.32 Å². The molecule has 0 radical (unpaired) electrons. The fourth-order valence-corrected chi connectivity index (χ4v) is 2.06. The van der Waals surface area contributed by atoms with Gasteiger partial charge in [0.05, 0.1) is 5.52 Å². The van der Waals surface area contributed by atoms with Crippen LogP contribution in [0.4, 0.5) is 10.2 Å². The highest BCUT2D eigenvalue weighted by molar-refractivity contribution is 6.04. The van der Waals surface area contributed by atoms with E-state index in [9.17, 15) is 9.18 Å². The van der Waals surface area contributed by atoms with Crippen LogP contribution in [-0.4, -0.2) is 10.9 Å². The van der Waals surface area contributed by atoms with Crippen LogP contribution in [0.1, 0.15) is 15.9 Å². The second-order valence-corrected chi connectivity index (χ2v) is 4.81. The Labute approximate surface area is 121 Å². The number of anilines is 1. The quantitative estimate of drug-likeness (QED) is 0.772. The minimum absolute atomic E-state index is 0.271. The lowest BCUT2D eigenvalue weighted by Crippen LogP contribution is -2.13. The van der Waals surface area contributed by atoms with Crippen molar-refractivity contribution in [3.63, 3.8) is 0 Å². The van der Waals surface area contributed by atoms with E-state index in [0.717, 1.165) is 10.9 Å². The van der Waals surface area contributed by atoms with E-state index in [0.29, 0.717) is 11.4 Å². The summed E-state index contributed by atoms with van der Waals surface area (Å²) in [5, 5.41) is 3.68. The number of amides is 1. The smallest absolute Gasteiger partial charge is 0.256 e. The number of carbonyl (C=O) groups excluding carboxylic acids is 1. The summed E-state index contributed by atoms with van der Waals surface area (Å²) in [6, 6.07) is 15.6. The Hall–Kier alpha value is -2.75. The number of nitrogens with zero attached hydrogens (tertiary/aromatic N) is 1. The third-order valence-electron chi connectivity index (χ3n) is 3.27. The number of hydrogen-bond acceptors (Lipinski definition) is 2. The summed E-state index contributed by atoms with van der Waals surface area (Å²) in [5.41, 5.74) is 1.58. The second-order valence-electron chi connectivity index (χ2n) is 4.81. The molecule has 0 unspecified atom stereocenters. The number of halogens is 1. The molecule has 21 heavy (non-hydrogen) atoms. The van der Waals surface area contributed by atoms with Gasteiger partial charge in [0.15, 0.2) is 0 Å². The Morgan fingerprint density at radius 1 is 1.10 bits per heavy atom. The lowest BCUT2D eigenvalue weighted by Gasteiger charge is -2.06. The van der Waals surface area contributed by atoms with Crippen LogP contribution in [0.25, 0.3) is 10.9 Å². The fraction of sp³-hybridized carbons (Fsp3) is 0.0588. The maximum atomic E-state index is 13.5. The van der Waals surface area contributed by atoms with Crippen LogP contribution >= 0.6 is 0 Å². The molecular formula is C17H13FN2O. The predicted octanol–water partition coefficient (Wildman–Crippen LogP) is 3.93. The maximum Gasteiger partial charge on any atom is 0.256 e. The summed E-state index contributed by atoms with van der Waals surface area (Å²) < 4.78 is 13.5. The van der Waals surface area contributed by atoms with Gasteiger partial charge in [-0.3, -0.25) is 4.79 Å². The first-order valence-corrected chi connectivity index (χ1v) is 6.57. The van der Waals surface area contributed by atoms with Crippen LogP contribution in [0.3, 0.4) is 0 Å². The van der Waals surface area contributed by atoms with E-state index in [-0.39, 0.29) is 11.5 Å². The number of fused-ring (bicyclic) bond motifs is 1. The number of benzene rings is 2. The van der Waals surface area contributed by atoms with Crippen molar-refractivity contribution in [3.8, 4) is 0 Å². The molecule has 1 N–H and O–H groups in total. The third-order valence-corrected chi connectivity index (χ3v) is 3.27. The van der Waals surface area contributed by atoms with Crippen LogP contribution in [0, 0.1) is 12.7 Å². The van der Waals surface area contributed by atoms with E-state index in [1.165, 1.54) is 6.07 Å². The molecule has 0 atom stereocenters. The van der Waals surface area contributed by atoms with Gasteiger partial charge >= 0.3 is 0 Å². The lowest BCUT2D eigenvalue weighted by molar-refractivity contribution is 0.102. The summed E-state index contributed by atoms with van der Waals surface area (Å²) in [6.45, 7) is 1.65. The number of rotatable bonds is 2. The largest absolute Gasteiger partial charge is 0.307 e. The van der Waals surface area contributed by atoms with Crippen molar-refractivity contribution in [3.05, 3.63) is 71.5 Å². The summed E-state index contributed by atoms with van der Waals surface area (Å²) in [5.74, 6) is -0.328. The monoisotopic (exact) mass is 280 g/mol. The molecule has 0 bridgehead atoms. The van der Waals surface area contributed by atoms with Gasteiger partial charge in [-0.25, -0.2) is 9.37 Å². The molecular weight excluding hydrogens is 267 g/mol. The molecule has 3 aromatic rings. The second kappa shape index (κ2) is 5.32. The van der Waals surface area contributed by atoms with Gasteiger partial charge in [-0.15, -0.1) is 0 Å². The zero-order valence-corrected chi connectivity index (χ0v) is 11.4. The predicted molar refractivity (Wildman–Crippen MR) is 80.8 cm³/mol. The minimum Gasteiger partial charge on any atom is -0.307 e. The molecule has 0 spiro atoms. The Kier molecular flexibility index (Phi) is 3.36. The Morgan fingerprint density at radius 2 is 1.90 bits per heavy atom. The molecule has 0 aliphatic carbocycles.